The van der Waals surface area contributed by atoms with Crippen molar-refractivity contribution in [3.05, 3.63) is 35.4 Å². The van der Waals surface area contributed by atoms with Gasteiger partial charge in [0, 0.05) is 25.2 Å². The first kappa shape index (κ1) is 15.1. The molecule has 1 aliphatic heterocycles. The lowest BCUT2D eigenvalue weighted by Gasteiger charge is -2.31. The predicted molar refractivity (Wildman–Crippen MR) is 89.6 cm³/mol. The molecule has 3 unspecified atom stereocenters. The maximum Gasteiger partial charge on any atom is 0.0449 e. The maximum atomic E-state index is 3.77. The van der Waals surface area contributed by atoms with E-state index < -0.39 is 0 Å². The van der Waals surface area contributed by atoms with Crippen molar-refractivity contribution in [3.8, 4) is 0 Å². The Labute approximate surface area is 129 Å². The summed E-state index contributed by atoms with van der Waals surface area (Å²) >= 11 is 0. The molecule has 21 heavy (non-hydrogen) atoms. The van der Waals surface area contributed by atoms with Crippen molar-refractivity contribution in [1.29, 1.82) is 0 Å². The van der Waals surface area contributed by atoms with Crippen molar-refractivity contribution in [2.24, 2.45) is 5.92 Å². The Hall–Kier alpha value is -0.860. The first-order chi connectivity index (χ1) is 10.3. The molecule has 1 saturated heterocycles. The topological polar surface area (TPSA) is 15.3 Å². The second kappa shape index (κ2) is 6.93. The van der Waals surface area contributed by atoms with Gasteiger partial charge in [-0.25, -0.2) is 0 Å². The largest absolute Gasteiger partial charge is 0.309 e. The van der Waals surface area contributed by atoms with Gasteiger partial charge in [0.05, 0.1) is 0 Å². The minimum Gasteiger partial charge on any atom is -0.309 e. The van der Waals surface area contributed by atoms with Crippen LogP contribution < -0.4 is 5.32 Å². The van der Waals surface area contributed by atoms with Gasteiger partial charge in [0.2, 0.25) is 0 Å². The molecule has 0 amide bonds. The van der Waals surface area contributed by atoms with E-state index in [0.717, 1.165) is 24.9 Å². The van der Waals surface area contributed by atoms with Crippen molar-refractivity contribution >= 4 is 0 Å². The number of hydrogen-bond acceptors (Lipinski definition) is 2. The van der Waals surface area contributed by atoms with E-state index in [2.05, 4.69) is 48.3 Å². The molecule has 2 fully saturated rings. The van der Waals surface area contributed by atoms with E-state index in [4.69, 9.17) is 0 Å². The third kappa shape index (κ3) is 3.49. The predicted octanol–water partition coefficient (Wildman–Crippen LogP) is 3.77. The molecule has 2 aliphatic rings. The standard InChI is InChI=1S/C19H30N2/c1-3-11-20-19(17-8-5-15(4-2)6-9-17)14-21-13-16-7-10-18(21)12-16/h5-6,8-9,16,18-20H,3-4,7,10-14H2,1-2H3. The highest BCUT2D eigenvalue weighted by atomic mass is 15.2. The van der Waals surface area contributed by atoms with Crippen molar-refractivity contribution in [2.75, 3.05) is 19.6 Å². The zero-order chi connectivity index (χ0) is 14.7. The van der Waals surface area contributed by atoms with Crippen molar-refractivity contribution in [3.63, 3.8) is 0 Å². The van der Waals surface area contributed by atoms with Crippen LogP contribution in [-0.4, -0.2) is 30.6 Å². The fourth-order valence-corrected chi connectivity index (χ4v) is 4.08. The summed E-state index contributed by atoms with van der Waals surface area (Å²) in [6.45, 7) is 8.11. The quantitative estimate of drug-likeness (QED) is 0.821. The molecule has 1 aromatic rings. The van der Waals surface area contributed by atoms with Gasteiger partial charge in [0.1, 0.15) is 0 Å². The highest BCUT2D eigenvalue weighted by Crippen LogP contribution is 2.38. The van der Waals surface area contributed by atoms with Gasteiger partial charge in [-0.05, 0) is 55.7 Å². The summed E-state index contributed by atoms with van der Waals surface area (Å²) < 4.78 is 0. The average Bonchev–Trinajstić information content (AvgIpc) is 3.14. The van der Waals surface area contributed by atoms with Crippen molar-refractivity contribution in [2.45, 2.75) is 58.0 Å². The summed E-state index contributed by atoms with van der Waals surface area (Å²) in [6.07, 6.45) is 6.69. The number of rotatable bonds is 7. The van der Waals surface area contributed by atoms with Crippen LogP contribution in [0.4, 0.5) is 0 Å². The van der Waals surface area contributed by atoms with Crippen LogP contribution >= 0.6 is 0 Å². The van der Waals surface area contributed by atoms with Crippen LogP contribution in [0.25, 0.3) is 0 Å². The number of fused-ring (bicyclic) bond motifs is 2. The number of nitrogens with zero attached hydrogens (tertiary/aromatic N) is 1. The molecule has 3 atom stereocenters. The molecule has 3 rings (SSSR count). The zero-order valence-electron chi connectivity index (χ0n) is 13.6. The number of hydrogen-bond donors (Lipinski definition) is 1. The molecular weight excluding hydrogens is 256 g/mol. The summed E-state index contributed by atoms with van der Waals surface area (Å²) in [6, 6.07) is 10.6. The van der Waals surface area contributed by atoms with E-state index in [1.54, 1.807) is 0 Å². The number of likely N-dealkylation sites (tertiary alicyclic amines) is 1. The van der Waals surface area contributed by atoms with Crippen LogP contribution in [0.2, 0.25) is 0 Å². The molecule has 1 aliphatic carbocycles. The Morgan fingerprint density at radius 3 is 2.57 bits per heavy atom. The summed E-state index contributed by atoms with van der Waals surface area (Å²) in [5.74, 6) is 0.990. The van der Waals surface area contributed by atoms with E-state index in [9.17, 15) is 0 Å². The average molecular weight is 286 g/mol. The first-order valence-electron chi connectivity index (χ1n) is 8.86. The lowest BCUT2D eigenvalue weighted by molar-refractivity contribution is 0.191. The Kier molecular flexibility index (Phi) is 4.97. The Morgan fingerprint density at radius 2 is 2.00 bits per heavy atom. The number of nitrogens with one attached hydrogen (secondary N) is 1. The van der Waals surface area contributed by atoms with Crippen LogP contribution in [-0.2, 0) is 6.42 Å². The van der Waals surface area contributed by atoms with Gasteiger partial charge in [0.15, 0.2) is 0 Å². The maximum absolute atomic E-state index is 3.77. The number of benzene rings is 1. The monoisotopic (exact) mass is 286 g/mol. The lowest BCUT2D eigenvalue weighted by Crippen LogP contribution is -2.39. The molecular formula is C19H30N2. The molecule has 2 nitrogen and oxygen atoms in total. The fraction of sp³-hybridized carbons (Fsp3) is 0.684. The van der Waals surface area contributed by atoms with Crippen LogP contribution in [0, 0.1) is 5.92 Å². The van der Waals surface area contributed by atoms with Crippen LogP contribution in [0.1, 0.15) is 56.7 Å². The van der Waals surface area contributed by atoms with Gasteiger partial charge in [0.25, 0.3) is 0 Å². The normalized spacial score (nSPS) is 26.4. The van der Waals surface area contributed by atoms with E-state index in [1.165, 1.54) is 49.9 Å². The number of aryl methyl sites for hydroxylation is 1. The highest BCUT2D eigenvalue weighted by Gasteiger charge is 2.38. The first-order valence-corrected chi connectivity index (χ1v) is 8.86. The fourth-order valence-electron chi connectivity index (χ4n) is 4.08. The van der Waals surface area contributed by atoms with Crippen LogP contribution in [0.3, 0.4) is 0 Å². The van der Waals surface area contributed by atoms with E-state index in [-0.39, 0.29) is 0 Å². The summed E-state index contributed by atoms with van der Waals surface area (Å²) in [4.78, 5) is 2.75. The van der Waals surface area contributed by atoms with E-state index >= 15 is 0 Å². The molecule has 0 radical (unpaired) electrons. The van der Waals surface area contributed by atoms with Gasteiger partial charge in [-0.3, -0.25) is 4.90 Å². The SMILES string of the molecule is CCCNC(CN1CC2CCC1C2)c1ccc(CC)cc1. The Balaban J connectivity index is 1.67. The van der Waals surface area contributed by atoms with Gasteiger partial charge >= 0.3 is 0 Å². The minimum absolute atomic E-state index is 0.496. The van der Waals surface area contributed by atoms with Gasteiger partial charge in [-0.1, -0.05) is 38.1 Å². The van der Waals surface area contributed by atoms with E-state index in [0.29, 0.717) is 6.04 Å². The molecule has 2 heteroatoms. The Bertz CT molecular complexity index is 439. The second-order valence-corrected chi connectivity index (χ2v) is 6.89. The summed E-state index contributed by atoms with van der Waals surface area (Å²) in [5.41, 5.74) is 2.90. The highest BCUT2D eigenvalue weighted by molar-refractivity contribution is 5.25. The zero-order valence-corrected chi connectivity index (χ0v) is 13.6. The molecule has 1 saturated carbocycles. The van der Waals surface area contributed by atoms with Crippen molar-refractivity contribution in [1.82, 2.24) is 10.2 Å². The van der Waals surface area contributed by atoms with Crippen LogP contribution in [0.5, 0.6) is 0 Å². The summed E-state index contributed by atoms with van der Waals surface area (Å²) in [5, 5.41) is 3.77. The van der Waals surface area contributed by atoms with Gasteiger partial charge < -0.3 is 5.32 Å². The molecule has 116 valence electrons. The molecule has 0 aromatic heterocycles. The third-order valence-corrected chi connectivity index (χ3v) is 5.37. The second-order valence-electron chi connectivity index (χ2n) is 6.89. The smallest absolute Gasteiger partial charge is 0.0449 e. The van der Waals surface area contributed by atoms with Gasteiger partial charge in [-0.15, -0.1) is 0 Å². The molecule has 1 aromatic carbocycles. The van der Waals surface area contributed by atoms with Crippen molar-refractivity contribution < 1.29 is 0 Å². The minimum atomic E-state index is 0.496. The third-order valence-electron chi connectivity index (χ3n) is 5.37. The Morgan fingerprint density at radius 1 is 1.19 bits per heavy atom. The van der Waals surface area contributed by atoms with E-state index in [1.807, 2.05) is 0 Å². The van der Waals surface area contributed by atoms with Crippen LogP contribution in [0.15, 0.2) is 24.3 Å². The molecule has 1 heterocycles. The molecule has 2 bridgehead atoms. The molecule has 0 spiro atoms. The lowest BCUT2D eigenvalue weighted by atomic mass is 10.0. The van der Waals surface area contributed by atoms with Gasteiger partial charge in [-0.2, -0.15) is 0 Å². The number of piperidine rings is 1. The molecule has 1 N–H and O–H groups in total. The summed E-state index contributed by atoms with van der Waals surface area (Å²) in [7, 11) is 0.